The molecule has 0 bridgehead atoms. The molecular formula is C21H15BrN2O3. The molecule has 1 N–H and O–H groups in total. The Morgan fingerprint density at radius 2 is 1.56 bits per heavy atom. The molecule has 5 nitrogen and oxygen atoms in total. The number of hydrogen-bond acceptors (Lipinski definition) is 3. The summed E-state index contributed by atoms with van der Waals surface area (Å²) in [6.07, 6.45) is 0.0299. The molecule has 4 rings (SSSR count). The second-order valence-electron chi connectivity index (χ2n) is 6.28. The average molecular weight is 423 g/mol. The second-order valence-corrected chi connectivity index (χ2v) is 7.20. The third-order valence-electron chi connectivity index (χ3n) is 4.53. The summed E-state index contributed by atoms with van der Waals surface area (Å²) in [6, 6.07) is 18.0. The maximum Gasteiger partial charge on any atom is 0.261 e. The van der Waals surface area contributed by atoms with E-state index in [0.29, 0.717) is 22.2 Å². The highest BCUT2D eigenvalue weighted by molar-refractivity contribution is 9.10. The number of carbonyl (C=O) groups excluding carboxylic acids is 3. The van der Waals surface area contributed by atoms with E-state index in [-0.39, 0.29) is 30.7 Å². The van der Waals surface area contributed by atoms with E-state index in [1.165, 1.54) is 0 Å². The number of imide groups is 1. The predicted octanol–water partition coefficient (Wildman–Crippen LogP) is 4.23. The third kappa shape index (κ3) is 3.24. The predicted molar refractivity (Wildman–Crippen MR) is 107 cm³/mol. The van der Waals surface area contributed by atoms with Gasteiger partial charge in [0.15, 0.2) is 0 Å². The molecule has 6 heteroatoms. The Hall–Kier alpha value is -2.99. The van der Waals surface area contributed by atoms with Crippen molar-refractivity contribution in [3.8, 4) is 0 Å². The standard InChI is InChI=1S/C21H15BrN2O3/c22-14-6-3-7-15(12-14)23-18(25)10-11-24-20(26)16-8-1-4-13-5-2-9-17(19(13)16)21(24)27/h1-9,12H,10-11H2,(H,23,25). The van der Waals surface area contributed by atoms with Gasteiger partial charge in [0.2, 0.25) is 5.91 Å². The summed E-state index contributed by atoms with van der Waals surface area (Å²) in [6.45, 7) is 0.0300. The minimum absolute atomic E-state index is 0.0299. The maximum atomic E-state index is 12.8. The Morgan fingerprint density at radius 3 is 2.19 bits per heavy atom. The quantitative estimate of drug-likeness (QED) is 0.639. The molecule has 0 unspecified atom stereocenters. The number of nitrogens with zero attached hydrogens (tertiary/aromatic N) is 1. The molecule has 0 saturated carbocycles. The Kier molecular flexibility index (Phi) is 4.49. The molecule has 134 valence electrons. The number of nitrogens with one attached hydrogen (secondary N) is 1. The summed E-state index contributed by atoms with van der Waals surface area (Å²) in [5.41, 5.74) is 1.64. The van der Waals surface area contributed by atoms with Crippen molar-refractivity contribution in [2.45, 2.75) is 6.42 Å². The molecule has 3 amide bonds. The minimum Gasteiger partial charge on any atom is -0.326 e. The lowest BCUT2D eigenvalue weighted by Gasteiger charge is -2.27. The monoisotopic (exact) mass is 422 g/mol. The fourth-order valence-corrected chi connectivity index (χ4v) is 3.69. The van der Waals surface area contributed by atoms with E-state index in [0.717, 1.165) is 14.8 Å². The van der Waals surface area contributed by atoms with Gasteiger partial charge in [0.05, 0.1) is 0 Å². The Balaban J connectivity index is 1.53. The molecular weight excluding hydrogens is 408 g/mol. The molecule has 0 atom stereocenters. The Bertz CT molecular complexity index is 1040. The van der Waals surface area contributed by atoms with Crippen LogP contribution in [0.2, 0.25) is 0 Å². The molecule has 0 saturated heterocycles. The smallest absolute Gasteiger partial charge is 0.261 e. The van der Waals surface area contributed by atoms with Crippen LogP contribution in [0.25, 0.3) is 10.8 Å². The normalized spacial score (nSPS) is 13.1. The number of carbonyl (C=O) groups is 3. The van der Waals surface area contributed by atoms with E-state index in [4.69, 9.17) is 0 Å². The van der Waals surface area contributed by atoms with E-state index >= 15 is 0 Å². The van der Waals surface area contributed by atoms with E-state index in [9.17, 15) is 14.4 Å². The van der Waals surface area contributed by atoms with Gasteiger partial charge < -0.3 is 5.32 Å². The van der Waals surface area contributed by atoms with Gasteiger partial charge in [-0.1, -0.05) is 46.3 Å². The van der Waals surface area contributed by atoms with Gasteiger partial charge in [0.25, 0.3) is 11.8 Å². The molecule has 1 aliphatic heterocycles. The highest BCUT2D eigenvalue weighted by Gasteiger charge is 2.32. The first-order valence-corrected chi connectivity index (χ1v) is 9.27. The van der Waals surface area contributed by atoms with Crippen molar-refractivity contribution < 1.29 is 14.4 Å². The van der Waals surface area contributed by atoms with Crippen molar-refractivity contribution in [3.63, 3.8) is 0 Å². The van der Waals surface area contributed by atoms with Crippen LogP contribution in [0.4, 0.5) is 5.69 Å². The van der Waals surface area contributed by atoms with Gasteiger partial charge in [-0.05, 0) is 35.7 Å². The zero-order chi connectivity index (χ0) is 19.0. The molecule has 0 aliphatic carbocycles. The zero-order valence-electron chi connectivity index (χ0n) is 14.2. The van der Waals surface area contributed by atoms with Gasteiger partial charge >= 0.3 is 0 Å². The van der Waals surface area contributed by atoms with Crippen molar-refractivity contribution in [3.05, 3.63) is 76.3 Å². The fraction of sp³-hybridized carbons (Fsp3) is 0.0952. The second kappa shape index (κ2) is 6.96. The van der Waals surface area contributed by atoms with Crippen LogP contribution in [-0.4, -0.2) is 29.2 Å². The van der Waals surface area contributed by atoms with E-state index in [2.05, 4.69) is 21.2 Å². The van der Waals surface area contributed by atoms with Crippen molar-refractivity contribution in [2.75, 3.05) is 11.9 Å². The van der Waals surface area contributed by atoms with Gasteiger partial charge in [-0.2, -0.15) is 0 Å². The SMILES string of the molecule is O=C(CCN1C(=O)c2cccc3cccc(c23)C1=O)Nc1cccc(Br)c1. The average Bonchev–Trinajstić information content (AvgIpc) is 2.66. The van der Waals surface area contributed by atoms with Crippen LogP contribution in [0.3, 0.4) is 0 Å². The number of amides is 3. The van der Waals surface area contributed by atoms with Gasteiger partial charge in [0, 0.05) is 39.6 Å². The third-order valence-corrected chi connectivity index (χ3v) is 5.02. The number of benzene rings is 3. The lowest BCUT2D eigenvalue weighted by atomic mass is 9.94. The number of rotatable bonds is 4. The Labute approximate surface area is 164 Å². The lowest BCUT2D eigenvalue weighted by molar-refractivity contribution is -0.116. The largest absolute Gasteiger partial charge is 0.326 e. The van der Waals surface area contributed by atoms with Crippen LogP contribution in [0.5, 0.6) is 0 Å². The van der Waals surface area contributed by atoms with Gasteiger partial charge in [0.1, 0.15) is 0 Å². The molecule has 1 heterocycles. The summed E-state index contributed by atoms with van der Waals surface area (Å²) < 4.78 is 0.853. The molecule has 1 aliphatic rings. The zero-order valence-corrected chi connectivity index (χ0v) is 15.8. The lowest BCUT2D eigenvalue weighted by Crippen LogP contribution is -2.41. The molecule has 0 spiro atoms. The van der Waals surface area contributed by atoms with Crippen molar-refractivity contribution in [2.24, 2.45) is 0 Å². The van der Waals surface area contributed by atoms with Crippen molar-refractivity contribution in [1.82, 2.24) is 4.90 Å². The van der Waals surface area contributed by atoms with Gasteiger partial charge in [-0.3, -0.25) is 19.3 Å². The van der Waals surface area contributed by atoms with E-state index in [1.807, 2.05) is 24.3 Å². The fourth-order valence-electron chi connectivity index (χ4n) is 3.29. The molecule has 3 aromatic carbocycles. The van der Waals surface area contributed by atoms with Crippen molar-refractivity contribution >= 4 is 50.1 Å². The molecule has 0 aromatic heterocycles. The summed E-state index contributed by atoms with van der Waals surface area (Å²) >= 11 is 3.35. The van der Waals surface area contributed by atoms with Crippen LogP contribution in [0.1, 0.15) is 27.1 Å². The summed E-state index contributed by atoms with van der Waals surface area (Å²) in [5, 5.41) is 4.32. The Morgan fingerprint density at radius 1 is 0.926 bits per heavy atom. The first-order chi connectivity index (χ1) is 13.0. The van der Waals surface area contributed by atoms with Gasteiger partial charge in [-0.25, -0.2) is 0 Å². The molecule has 27 heavy (non-hydrogen) atoms. The van der Waals surface area contributed by atoms with Crippen LogP contribution in [0.15, 0.2) is 65.1 Å². The summed E-state index contributed by atoms with van der Waals surface area (Å²) in [4.78, 5) is 39.0. The topological polar surface area (TPSA) is 66.5 Å². The summed E-state index contributed by atoms with van der Waals surface area (Å²) in [7, 11) is 0. The van der Waals surface area contributed by atoms with Crippen molar-refractivity contribution in [1.29, 1.82) is 0 Å². The van der Waals surface area contributed by atoms with E-state index < -0.39 is 0 Å². The number of halogens is 1. The van der Waals surface area contributed by atoms with Crippen LogP contribution >= 0.6 is 15.9 Å². The first kappa shape index (κ1) is 17.4. The maximum absolute atomic E-state index is 12.8. The highest BCUT2D eigenvalue weighted by Crippen LogP contribution is 2.30. The first-order valence-electron chi connectivity index (χ1n) is 8.48. The van der Waals surface area contributed by atoms with E-state index in [1.54, 1.807) is 36.4 Å². The molecule has 0 fully saturated rings. The molecule has 0 radical (unpaired) electrons. The number of anilines is 1. The van der Waals surface area contributed by atoms with Gasteiger partial charge in [-0.15, -0.1) is 0 Å². The molecule has 3 aromatic rings. The number of hydrogen-bond donors (Lipinski definition) is 1. The van der Waals surface area contributed by atoms with Crippen LogP contribution < -0.4 is 5.32 Å². The van der Waals surface area contributed by atoms with Crippen LogP contribution in [-0.2, 0) is 4.79 Å². The van der Waals surface area contributed by atoms with Crippen LogP contribution in [0, 0.1) is 0 Å². The summed E-state index contributed by atoms with van der Waals surface area (Å²) in [5.74, 6) is -0.982. The minimum atomic E-state index is -0.362. The highest BCUT2D eigenvalue weighted by atomic mass is 79.9.